The van der Waals surface area contributed by atoms with Gasteiger partial charge in [0.05, 0.1) is 7.11 Å². The summed E-state index contributed by atoms with van der Waals surface area (Å²) < 4.78 is 10.6. The Morgan fingerprint density at radius 3 is 2.57 bits per heavy atom. The maximum atomic E-state index is 12.4. The minimum atomic E-state index is -0.704. The molecule has 0 saturated heterocycles. The van der Waals surface area contributed by atoms with Crippen LogP contribution in [0.25, 0.3) is 11.0 Å². The summed E-state index contributed by atoms with van der Waals surface area (Å²) in [6.45, 7) is 0. The van der Waals surface area contributed by atoms with Gasteiger partial charge >= 0.3 is 0 Å². The molecule has 0 aliphatic heterocycles. The van der Waals surface area contributed by atoms with Gasteiger partial charge in [-0.3, -0.25) is 4.79 Å². The number of hydrogen-bond acceptors (Lipinski definition) is 7. The van der Waals surface area contributed by atoms with Gasteiger partial charge in [-0.05, 0) is 18.6 Å². The molecular formula is C16H14O7. The lowest BCUT2D eigenvalue weighted by Crippen LogP contribution is -2.10. The van der Waals surface area contributed by atoms with E-state index in [-0.39, 0.29) is 46.2 Å². The second-order valence-electron chi connectivity index (χ2n) is 5.15. The average molecular weight is 318 g/mol. The summed E-state index contributed by atoms with van der Waals surface area (Å²) in [4.78, 5) is 12.4. The van der Waals surface area contributed by atoms with Gasteiger partial charge < -0.3 is 29.6 Å². The van der Waals surface area contributed by atoms with Gasteiger partial charge in [-0.25, -0.2) is 0 Å². The number of ether oxygens (including phenoxy) is 1. The molecule has 1 heterocycles. The van der Waals surface area contributed by atoms with Crippen LogP contribution < -0.4 is 10.2 Å². The molecule has 23 heavy (non-hydrogen) atoms. The molecule has 3 rings (SSSR count). The molecule has 0 bridgehead atoms. The Labute approximate surface area is 130 Å². The number of hydrogen-bond donors (Lipinski definition) is 4. The number of benzene rings is 1. The van der Waals surface area contributed by atoms with Crippen LogP contribution >= 0.6 is 0 Å². The van der Waals surface area contributed by atoms with Crippen LogP contribution in [0.15, 0.2) is 45.0 Å². The normalized spacial score (nSPS) is 17.7. The van der Waals surface area contributed by atoms with E-state index < -0.39 is 17.1 Å². The Kier molecular flexibility index (Phi) is 3.40. The van der Waals surface area contributed by atoms with Crippen molar-refractivity contribution < 1.29 is 29.6 Å². The van der Waals surface area contributed by atoms with Gasteiger partial charge in [0.25, 0.3) is 0 Å². The maximum absolute atomic E-state index is 12.4. The standard InChI is InChI=1S/C16H14O7/c1-22-11-5-8(17)6-12-13(11)14(20)15(21)16(23-12)7-2-3-9(18)10(19)4-7/h3-7,17-19,21H,2H2,1H3/t7-/m0/s1. The summed E-state index contributed by atoms with van der Waals surface area (Å²) in [7, 11) is 1.33. The van der Waals surface area contributed by atoms with Crippen LogP contribution in [0.1, 0.15) is 18.1 Å². The van der Waals surface area contributed by atoms with E-state index in [9.17, 15) is 25.2 Å². The number of methoxy groups -OCH3 is 1. The molecule has 0 spiro atoms. The molecule has 0 unspecified atom stereocenters. The number of aromatic hydroxyl groups is 2. The van der Waals surface area contributed by atoms with E-state index in [4.69, 9.17) is 9.15 Å². The summed E-state index contributed by atoms with van der Waals surface area (Å²) >= 11 is 0. The van der Waals surface area contributed by atoms with E-state index in [1.165, 1.54) is 31.4 Å². The van der Waals surface area contributed by atoms with Crippen LogP contribution in [0.3, 0.4) is 0 Å². The van der Waals surface area contributed by atoms with Gasteiger partial charge in [-0.15, -0.1) is 0 Å². The molecule has 4 N–H and O–H groups in total. The van der Waals surface area contributed by atoms with Gasteiger partial charge in [-0.2, -0.15) is 0 Å². The third kappa shape index (κ3) is 2.36. The summed E-state index contributed by atoms with van der Waals surface area (Å²) in [6, 6.07) is 2.48. The van der Waals surface area contributed by atoms with Crippen molar-refractivity contribution in [1.82, 2.24) is 0 Å². The molecular weight excluding hydrogens is 304 g/mol. The molecule has 0 amide bonds. The maximum Gasteiger partial charge on any atom is 0.238 e. The van der Waals surface area contributed by atoms with Crippen LogP contribution in [0, 0.1) is 0 Å². The zero-order valence-electron chi connectivity index (χ0n) is 12.1. The van der Waals surface area contributed by atoms with Crippen LogP contribution in [-0.2, 0) is 0 Å². The molecule has 1 aliphatic rings. The van der Waals surface area contributed by atoms with E-state index in [1.807, 2.05) is 0 Å². The molecule has 7 heteroatoms. The number of rotatable bonds is 2. The molecule has 120 valence electrons. The lowest BCUT2D eigenvalue weighted by Gasteiger charge is -2.17. The average Bonchev–Trinajstić information content (AvgIpc) is 2.52. The van der Waals surface area contributed by atoms with Crippen molar-refractivity contribution in [3.05, 3.63) is 51.8 Å². The van der Waals surface area contributed by atoms with Crippen molar-refractivity contribution in [2.45, 2.75) is 12.3 Å². The fraction of sp³-hybridized carbons (Fsp3) is 0.188. The molecule has 1 aliphatic carbocycles. The van der Waals surface area contributed by atoms with Crippen LogP contribution in [0.2, 0.25) is 0 Å². The molecule has 7 nitrogen and oxygen atoms in total. The lowest BCUT2D eigenvalue weighted by atomic mass is 9.95. The Hall–Kier alpha value is -3.09. The van der Waals surface area contributed by atoms with Crippen molar-refractivity contribution in [3.8, 4) is 17.2 Å². The first-order valence-corrected chi connectivity index (χ1v) is 6.79. The van der Waals surface area contributed by atoms with E-state index in [1.54, 1.807) is 0 Å². The van der Waals surface area contributed by atoms with Gasteiger partial charge in [-0.1, -0.05) is 0 Å². The Morgan fingerprint density at radius 2 is 1.91 bits per heavy atom. The van der Waals surface area contributed by atoms with Crippen LogP contribution in [0.4, 0.5) is 0 Å². The highest BCUT2D eigenvalue weighted by molar-refractivity contribution is 5.86. The van der Waals surface area contributed by atoms with Crippen molar-refractivity contribution >= 4 is 11.0 Å². The second kappa shape index (κ2) is 5.28. The fourth-order valence-corrected chi connectivity index (χ4v) is 2.56. The predicted octanol–water partition coefficient (Wildman–Crippen LogP) is 2.58. The number of phenols is 1. The van der Waals surface area contributed by atoms with Crippen molar-refractivity contribution in [2.24, 2.45) is 0 Å². The van der Waals surface area contributed by atoms with E-state index in [0.29, 0.717) is 0 Å². The molecule has 0 radical (unpaired) electrons. The Bertz CT molecular complexity index is 905. The third-order valence-electron chi connectivity index (χ3n) is 3.69. The largest absolute Gasteiger partial charge is 0.508 e. The number of aliphatic hydroxyl groups excluding tert-OH is 2. The highest BCUT2D eigenvalue weighted by atomic mass is 16.5. The second-order valence-corrected chi connectivity index (χ2v) is 5.15. The van der Waals surface area contributed by atoms with Crippen LogP contribution in [0.5, 0.6) is 17.2 Å². The van der Waals surface area contributed by atoms with E-state index in [0.717, 1.165) is 0 Å². The summed E-state index contributed by atoms with van der Waals surface area (Å²) in [5.74, 6) is -2.02. The van der Waals surface area contributed by atoms with E-state index in [2.05, 4.69) is 0 Å². The predicted molar refractivity (Wildman–Crippen MR) is 81.1 cm³/mol. The topological polar surface area (TPSA) is 120 Å². The molecule has 0 saturated carbocycles. The Morgan fingerprint density at radius 1 is 1.17 bits per heavy atom. The zero-order chi connectivity index (χ0) is 16.7. The highest BCUT2D eigenvalue weighted by Gasteiger charge is 2.25. The van der Waals surface area contributed by atoms with Crippen LogP contribution in [-0.4, -0.2) is 27.5 Å². The first kappa shape index (κ1) is 14.8. The summed E-state index contributed by atoms with van der Waals surface area (Å²) in [5.41, 5.74) is -0.656. The van der Waals surface area contributed by atoms with Crippen molar-refractivity contribution in [2.75, 3.05) is 7.11 Å². The number of phenolic OH excluding ortho intramolecular Hbond substituents is 1. The quantitative estimate of drug-likeness (QED) is 0.671. The Balaban J connectivity index is 2.25. The minimum Gasteiger partial charge on any atom is -0.508 e. The SMILES string of the molecule is COc1cc(O)cc2oc([C@@H]3C=C(O)C(O)=CC3)c(O)c(=O)c12. The molecule has 1 aromatic heterocycles. The highest BCUT2D eigenvalue weighted by Crippen LogP contribution is 2.37. The van der Waals surface area contributed by atoms with Crippen molar-refractivity contribution in [3.63, 3.8) is 0 Å². The first-order chi connectivity index (χ1) is 10.9. The zero-order valence-corrected chi connectivity index (χ0v) is 12.1. The number of allylic oxidation sites excluding steroid dienone is 2. The monoisotopic (exact) mass is 318 g/mol. The van der Waals surface area contributed by atoms with Gasteiger partial charge in [0, 0.05) is 18.1 Å². The van der Waals surface area contributed by atoms with Gasteiger partial charge in [0.15, 0.2) is 17.3 Å². The number of aliphatic hydroxyl groups is 2. The lowest BCUT2D eigenvalue weighted by molar-refractivity contribution is 0.313. The van der Waals surface area contributed by atoms with E-state index >= 15 is 0 Å². The third-order valence-corrected chi connectivity index (χ3v) is 3.69. The molecule has 1 atom stereocenters. The van der Waals surface area contributed by atoms with Gasteiger partial charge in [0.2, 0.25) is 11.2 Å². The summed E-state index contributed by atoms with van der Waals surface area (Å²) in [6.07, 6.45) is 2.86. The molecule has 2 aromatic rings. The molecule has 0 fully saturated rings. The smallest absolute Gasteiger partial charge is 0.238 e. The van der Waals surface area contributed by atoms with Gasteiger partial charge in [0.1, 0.15) is 22.5 Å². The fourth-order valence-electron chi connectivity index (χ4n) is 2.56. The minimum absolute atomic E-state index is 0.00829. The summed E-state index contributed by atoms with van der Waals surface area (Å²) in [5, 5.41) is 38.8. The number of fused-ring (bicyclic) bond motifs is 1. The van der Waals surface area contributed by atoms with Crippen molar-refractivity contribution in [1.29, 1.82) is 0 Å². The molecule has 1 aromatic carbocycles. The first-order valence-electron chi connectivity index (χ1n) is 6.79.